The number of aromatic amines is 1. The van der Waals surface area contributed by atoms with Crippen LogP contribution in [0.15, 0.2) is 36.4 Å². The van der Waals surface area contributed by atoms with E-state index in [0.717, 1.165) is 35.7 Å². The zero-order valence-electron chi connectivity index (χ0n) is 13.5. The molecule has 3 N–H and O–H groups in total. The van der Waals surface area contributed by atoms with Crippen molar-refractivity contribution in [3.63, 3.8) is 0 Å². The van der Waals surface area contributed by atoms with Crippen LogP contribution in [-0.4, -0.2) is 11.5 Å². The van der Waals surface area contributed by atoms with Gasteiger partial charge in [-0.15, -0.1) is 0 Å². The SMILES string of the molecule is N#Cc1ccc(-c2[nH]c3c(F)cc(F)cc3c2C2CC(CN)C2)cc1. The van der Waals surface area contributed by atoms with Crippen molar-refractivity contribution in [2.45, 2.75) is 18.8 Å². The van der Waals surface area contributed by atoms with Crippen LogP contribution in [0.2, 0.25) is 0 Å². The van der Waals surface area contributed by atoms with Gasteiger partial charge in [-0.25, -0.2) is 8.78 Å². The van der Waals surface area contributed by atoms with Gasteiger partial charge in [0.05, 0.1) is 22.8 Å². The van der Waals surface area contributed by atoms with Crippen LogP contribution in [0.1, 0.15) is 29.9 Å². The third-order valence-corrected chi connectivity index (χ3v) is 5.14. The van der Waals surface area contributed by atoms with Crippen LogP contribution in [0, 0.1) is 28.9 Å². The van der Waals surface area contributed by atoms with Crippen LogP contribution < -0.4 is 5.73 Å². The Balaban J connectivity index is 1.90. The Morgan fingerprint density at radius 1 is 1.16 bits per heavy atom. The van der Waals surface area contributed by atoms with Crippen LogP contribution in [0.4, 0.5) is 8.78 Å². The number of fused-ring (bicyclic) bond motifs is 1. The lowest BCUT2D eigenvalue weighted by atomic mass is 9.70. The fourth-order valence-corrected chi connectivity index (χ4v) is 3.77. The third-order valence-electron chi connectivity index (χ3n) is 5.14. The molecule has 1 heterocycles. The summed E-state index contributed by atoms with van der Waals surface area (Å²) in [5, 5.41) is 9.56. The zero-order valence-corrected chi connectivity index (χ0v) is 13.5. The molecule has 1 aliphatic carbocycles. The Kier molecular flexibility index (Phi) is 3.78. The van der Waals surface area contributed by atoms with E-state index in [9.17, 15) is 8.78 Å². The number of nitrogens with one attached hydrogen (secondary N) is 1. The molecule has 126 valence electrons. The van der Waals surface area contributed by atoms with Gasteiger partial charge in [0, 0.05) is 11.5 Å². The number of hydrogen-bond acceptors (Lipinski definition) is 2. The second kappa shape index (κ2) is 5.98. The molecule has 1 aromatic heterocycles. The van der Waals surface area contributed by atoms with Crippen molar-refractivity contribution in [1.82, 2.24) is 4.98 Å². The van der Waals surface area contributed by atoms with Gasteiger partial charge in [0.25, 0.3) is 0 Å². The number of rotatable bonds is 3. The van der Waals surface area contributed by atoms with Crippen molar-refractivity contribution in [1.29, 1.82) is 5.26 Å². The summed E-state index contributed by atoms with van der Waals surface area (Å²) in [5.74, 6) is -0.478. The topological polar surface area (TPSA) is 65.6 Å². The molecule has 5 heteroatoms. The fourth-order valence-electron chi connectivity index (χ4n) is 3.77. The van der Waals surface area contributed by atoms with E-state index in [4.69, 9.17) is 11.0 Å². The van der Waals surface area contributed by atoms with Gasteiger partial charge < -0.3 is 10.7 Å². The molecule has 1 aliphatic rings. The highest BCUT2D eigenvalue weighted by Crippen LogP contribution is 2.47. The molecule has 0 bridgehead atoms. The number of benzene rings is 2. The van der Waals surface area contributed by atoms with Crippen LogP contribution in [0.25, 0.3) is 22.2 Å². The van der Waals surface area contributed by atoms with Crippen molar-refractivity contribution in [2.75, 3.05) is 6.54 Å². The quantitative estimate of drug-likeness (QED) is 0.742. The van der Waals surface area contributed by atoms with Crippen molar-refractivity contribution in [3.05, 3.63) is 59.2 Å². The first-order valence-corrected chi connectivity index (χ1v) is 8.32. The largest absolute Gasteiger partial charge is 0.352 e. The Hall–Kier alpha value is -2.71. The van der Waals surface area contributed by atoms with Crippen LogP contribution in [0.3, 0.4) is 0 Å². The number of H-pyrrole nitrogens is 1. The van der Waals surface area contributed by atoms with Crippen molar-refractivity contribution >= 4 is 10.9 Å². The second-order valence-electron chi connectivity index (χ2n) is 6.68. The Bertz CT molecular complexity index is 977. The molecule has 0 aliphatic heterocycles. The Labute approximate surface area is 144 Å². The highest BCUT2D eigenvalue weighted by atomic mass is 19.1. The van der Waals surface area contributed by atoms with E-state index in [0.29, 0.717) is 28.9 Å². The van der Waals surface area contributed by atoms with E-state index in [1.807, 2.05) is 12.1 Å². The lowest BCUT2D eigenvalue weighted by Crippen LogP contribution is -2.28. The highest BCUT2D eigenvalue weighted by Gasteiger charge is 2.33. The first kappa shape index (κ1) is 15.8. The average molecular weight is 337 g/mol. The van der Waals surface area contributed by atoms with E-state index in [1.165, 1.54) is 6.07 Å². The number of halogens is 2. The van der Waals surface area contributed by atoms with Crippen molar-refractivity contribution in [3.8, 4) is 17.3 Å². The van der Waals surface area contributed by atoms with E-state index in [1.54, 1.807) is 12.1 Å². The van der Waals surface area contributed by atoms with Gasteiger partial charge >= 0.3 is 0 Å². The van der Waals surface area contributed by atoms with E-state index < -0.39 is 11.6 Å². The first-order valence-electron chi connectivity index (χ1n) is 8.32. The molecule has 3 nitrogen and oxygen atoms in total. The molecule has 0 atom stereocenters. The number of nitriles is 1. The summed E-state index contributed by atoms with van der Waals surface area (Å²) in [5.41, 5.74) is 9.22. The van der Waals surface area contributed by atoms with Gasteiger partial charge in [-0.2, -0.15) is 5.26 Å². The molecule has 1 fully saturated rings. The minimum Gasteiger partial charge on any atom is -0.352 e. The van der Waals surface area contributed by atoms with Crippen LogP contribution in [-0.2, 0) is 0 Å². The summed E-state index contributed by atoms with van der Waals surface area (Å²) in [6.07, 6.45) is 1.84. The molecule has 0 saturated heterocycles. The van der Waals surface area contributed by atoms with Gasteiger partial charge in [0.15, 0.2) is 0 Å². The molecule has 1 saturated carbocycles. The minimum atomic E-state index is -0.592. The maximum absolute atomic E-state index is 14.3. The molecule has 4 rings (SSSR count). The predicted octanol–water partition coefficient (Wildman–Crippen LogP) is 4.44. The molecular formula is C20H17F2N3. The van der Waals surface area contributed by atoms with Gasteiger partial charge in [-0.1, -0.05) is 12.1 Å². The van der Waals surface area contributed by atoms with E-state index in [2.05, 4.69) is 11.1 Å². The third kappa shape index (κ3) is 2.59. The van der Waals surface area contributed by atoms with Gasteiger partial charge in [0.1, 0.15) is 11.6 Å². The summed E-state index contributed by atoms with van der Waals surface area (Å²) in [4.78, 5) is 3.14. The number of hydrogen-bond donors (Lipinski definition) is 2. The summed E-state index contributed by atoms with van der Waals surface area (Å²) >= 11 is 0. The smallest absolute Gasteiger partial charge is 0.150 e. The summed E-state index contributed by atoms with van der Waals surface area (Å²) in [7, 11) is 0. The first-order chi connectivity index (χ1) is 12.1. The second-order valence-corrected chi connectivity index (χ2v) is 6.68. The van der Waals surface area contributed by atoms with Gasteiger partial charge in [-0.05, 0) is 60.5 Å². The Morgan fingerprint density at radius 3 is 2.52 bits per heavy atom. The maximum Gasteiger partial charge on any atom is 0.150 e. The Morgan fingerprint density at radius 2 is 1.88 bits per heavy atom. The minimum absolute atomic E-state index is 0.231. The number of nitrogens with two attached hydrogens (primary N) is 1. The molecule has 0 spiro atoms. The number of nitrogens with zero attached hydrogens (tertiary/aromatic N) is 1. The normalized spacial score (nSPS) is 19.6. The standard InChI is InChI=1S/C20H17F2N3/c21-15-7-16-18(14-5-12(6-14)10-24)19(25-20(16)17(22)8-15)13-3-1-11(9-23)2-4-13/h1-4,7-8,12,14,25H,5-6,10,24H2. The van der Waals surface area contributed by atoms with E-state index in [-0.39, 0.29) is 5.92 Å². The lowest BCUT2D eigenvalue weighted by molar-refractivity contribution is 0.274. The summed E-state index contributed by atoms with van der Waals surface area (Å²) < 4.78 is 28.1. The fraction of sp³-hybridized carbons (Fsp3) is 0.250. The van der Waals surface area contributed by atoms with Gasteiger partial charge in [-0.3, -0.25) is 0 Å². The molecule has 2 aromatic carbocycles. The lowest BCUT2D eigenvalue weighted by Gasteiger charge is -2.35. The van der Waals surface area contributed by atoms with Crippen LogP contribution in [0.5, 0.6) is 0 Å². The maximum atomic E-state index is 14.3. The average Bonchev–Trinajstić information content (AvgIpc) is 2.94. The molecule has 25 heavy (non-hydrogen) atoms. The monoisotopic (exact) mass is 337 g/mol. The zero-order chi connectivity index (χ0) is 17.6. The van der Waals surface area contributed by atoms with Crippen molar-refractivity contribution < 1.29 is 8.78 Å². The summed E-state index contributed by atoms with van der Waals surface area (Å²) in [6, 6.07) is 11.5. The molecule has 0 amide bonds. The molecule has 0 radical (unpaired) electrons. The predicted molar refractivity (Wildman–Crippen MR) is 92.9 cm³/mol. The van der Waals surface area contributed by atoms with Crippen LogP contribution >= 0.6 is 0 Å². The molecule has 0 unspecified atom stereocenters. The van der Waals surface area contributed by atoms with E-state index >= 15 is 0 Å². The van der Waals surface area contributed by atoms with Crippen molar-refractivity contribution in [2.24, 2.45) is 11.7 Å². The van der Waals surface area contributed by atoms with Gasteiger partial charge in [0.2, 0.25) is 0 Å². The number of aromatic nitrogens is 1. The highest BCUT2D eigenvalue weighted by molar-refractivity contribution is 5.92. The summed E-state index contributed by atoms with van der Waals surface area (Å²) in [6.45, 7) is 0.633. The molecular weight excluding hydrogens is 320 g/mol. The molecule has 3 aromatic rings.